The molecule has 1 aliphatic heterocycles. The van der Waals surface area contributed by atoms with Gasteiger partial charge >= 0.3 is 0 Å². The molecule has 33 heavy (non-hydrogen) atoms. The molecule has 3 heterocycles. The van der Waals surface area contributed by atoms with Crippen LogP contribution in [0.4, 0.5) is 11.5 Å². The van der Waals surface area contributed by atoms with Crippen molar-refractivity contribution in [2.24, 2.45) is 7.05 Å². The van der Waals surface area contributed by atoms with Gasteiger partial charge in [0.1, 0.15) is 17.8 Å². The molecule has 8 nitrogen and oxygen atoms in total. The number of fused-ring (bicyclic) bond motifs is 1. The highest BCUT2D eigenvalue weighted by molar-refractivity contribution is 6.08. The van der Waals surface area contributed by atoms with Crippen molar-refractivity contribution in [2.75, 3.05) is 31.3 Å². The highest BCUT2D eigenvalue weighted by Crippen LogP contribution is 2.41. The van der Waals surface area contributed by atoms with Gasteiger partial charge in [0.25, 0.3) is 5.91 Å². The van der Waals surface area contributed by atoms with E-state index in [1.165, 1.54) is 6.33 Å². The van der Waals surface area contributed by atoms with Gasteiger partial charge in [0, 0.05) is 37.5 Å². The molecular formula is C25H26N6O2. The Hall–Kier alpha value is -3.91. The van der Waals surface area contributed by atoms with Crippen molar-refractivity contribution in [1.29, 1.82) is 0 Å². The first-order valence-electron chi connectivity index (χ1n) is 10.9. The third kappa shape index (κ3) is 3.78. The Bertz CT molecular complexity index is 1310. The van der Waals surface area contributed by atoms with Crippen molar-refractivity contribution < 1.29 is 9.53 Å². The number of rotatable bonds is 5. The van der Waals surface area contributed by atoms with Crippen molar-refractivity contribution in [3.8, 4) is 22.4 Å². The average Bonchev–Trinajstić information content (AvgIpc) is 3.46. The minimum atomic E-state index is -0.0966. The molecule has 1 atom stereocenters. The van der Waals surface area contributed by atoms with Gasteiger partial charge in [-0.2, -0.15) is 0 Å². The van der Waals surface area contributed by atoms with E-state index in [9.17, 15) is 4.79 Å². The molecule has 5 rings (SSSR count). The fourth-order valence-corrected chi connectivity index (χ4v) is 4.39. The fourth-order valence-electron chi connectivity index (χ4n) is 4.39. The fraction of sp³-hybridized carbons (Fsp3) is 0.240. The minimum Gasteiger partial charge on any atom is -0.388 e. The molecule has 4 aromatic rings. The number of ether oxygens (including phenoxy) is 1. The maximum Gasteiger partial charge on any atom is 0.251 e. The summed E-state index contributed by atoms with van der Waals surface area (Å²) in [5.74, 6) is 0.326. The number of carbonyl (C=O) groups excluding carboxylic acids is 1. The van der Waals surface area contributed by atoms with Crippen molar-refractivity contribution in [1.82, 2.24) is 19.9 Å². The Morgan fingerprint density at radius 1 is 1.09 bits per heavy atom. The molecule has 168 valence electrons. The zero-order valence-corrected chi connectivity index (χ0v) is 18.6. The number of anilines is 2. The lowest BCUT2D eigenvalue weighted by molar-refractivity contribution is 0.0930. The standard InChI is InChI=1S/C25H26N6O2/c1-27-18-9-7-16(8-10-18)22-20(21-23(26)28-14-29-24(21)31(22)2)15-3-5-17(6-4-15)25(32)30-19-11-12-33-13-19/h3-10,14,19,27H,11-13H2,1-2H3,(H,30,32)(H2,26,28,29)/t19-/m0/s1. The average molecular weight is 443 g/mol. The molecule has 0 spiro atoms. The van der Waals surface area contributed by atoms with Gasteiger partial charge in [-0.3, -0.25) is 4.79 Å². The van der Waals surface area contributed by atoms with Crippen molar-refractivity contribution in [2.45, 2.75) is 12.5 Å². The van der Waals surface area contributed by atoms with Crippen molar-refractivity contribution >= 4 is 28.4 Å². The summed E-state index contributed by atoms with van der Waals surface area (Å²) in [5, 5.41) is 6.98. The second-order valence-corrected chi connectivity index (χ2v) is 8.18. The molecule has 8 heteroatoms. The van der Waals surface area contributed by atoms with E-state index in [4.69, 9.17) is 10.5 Å². The van der Waals surface area contributed by atoms with Crippen molar-refractivity contribution in [3.05, 3.63) is 60.4 Å². The molecule has 2 aromatic carbocycles. The molecule has 0 bridgehead atoms. The lowest BCUT2D eigenvalue weighted by Crippen LogP contribution is -2.34. The third-order valence-corrected chi connectivity index (χ3v) is 6.14. The summed E-state index contributed by atoms with van der Waals surface area (Å²) in [6, 6.07) is 15.9. The monoisotopic (exact) mass is 442 g/mol. The molecule has 4 N–H and O–H groups in total. The molecule has 0 unspecified atom stereocenters. The molecule has 2 aromatic heterocycles. The summed E-state index contributed by atoms with van der Waals surface area (Å²) < 4.78 is 7.39. The summed E-state index contributed by atoms with van der Waals surface area (Å²) in [7, 11) is 3.87. The molecule has 1 amide bonds. The number of carbonyl (C=O) groups is 1. The maximum atomic E-state index is 12.7. The summed E-state index contributed by atoms with van der Waals surface area (Å²) in [6.07, 6.45) is 2.32. The van der Waals surface area contributed by atoms with E-state index in [1.54, 1.807) is 0 Å². The molecule has 0 radical (unpaired) electrons. The van der Waals surface area contributed by atoms with Gasteiger partial charge in [0.15, 0.2) is 0 Å². The Morgan fingerprint density at radius 3 is 2.48 bits per heavy atom. The summed E-state index contributed by atoms with van der Waals surface area (Å²) in [5.41, 5.74) is 12.6. The lowest BCUT2D eigenvalue weighted by atomic mass is 9.97. The van der Waals surface area contributed by atoms with Crippen LogP contribution in [0.3, 0.4) is 0 Å². The molecule has 0 aliphatic carbocycles. The Balaban J connectivity index is 1.60. The summed E-state index contributed by atoms with van der Waals surface area (Å²) in [4.78, 5) is 21.4. The van der Waals surface area contributed by atoms with Gasteiger partial charge in [-0.05, 0) is 41.8 Å². The Kier molecular flexibility index (Phi) is 5.43. The summed E-state index contributed by atoms with van der Waals surface area (Å²) in [6.45, 7) is 1.25. The lowest BCUT2D eigenvalue weighted by Gasteiger charge is -2.12. The third-order valence-electron chi connectivity index (χ3n) is 6.14. The number of amides is 1. The number of aryl methyl sites for hydroxylation is 1. The van der Waals surface area contributed by atoms with Crippen LogP contribution in [0, 0.1) is 0 Å². The molecule has 1 saturated heterocycles. The second-order valence-electron chi connectivity index (χ2n) is 8.18. The first kappa shape index (κ1) is 21.0. The first-order chi connectivity index (χ1) is 16.1. The quantitative estimate of drug-likeness (QED) is 0.437. The van der Waals surface area contributed by atoms with E-state index in [1.807, 2.05) is 55.1 Å². The highest BCUT2D eigenvalue weighted by atomic mass is 16.5. The topological polar surface area (TPSA) is 107 Å². The number of aromatic nitrogens is 3. The number of hydrogen-bond donors (Lipinski definition) is 3. The van der Waals surface area contributed by atoms with Gasteiger partial charge in [-0.1, -0.05) is 24.3 Å². The molecule has 1 fully saturated rings. The number of nitrogens with one attached hydrogen (secondary N) is 2. The first-order valence-corrected chi connectivity index (χ1v) is 10.9. The zero-order chi connectivity index (χ0) is 22.9. The van der Waals surface area contributed by atoms with Gasteiger partial charge in [0.2, 0.25) is 0 Å². The number of nitrogen functional groups attached to an aromatic ring is 1. The zero-order valence-electron chi connectivity index (χ0n) is 18.6. The minimum absolute atomic E-state index is 0.0689. The van der Waals surface area contributed by atoms with Gasteiger partial charge in [-0.25, -0.2) is 9.97 Å². The number of nitrogens with two attached hydrogens (primary N) is 1. The van der Waals surface area contributed by atoms with Crippen LogP contribution < -0.4 is 16.4 Å². The van der Waals surface area contributed by atoms with Crippen LogP contribution in [0.2, 0.25) is 0 Å². The van der Waals surface area contributed by atoms with E-state index < -0.39 is 0 Å². The smallest absolute Gasteiger partial charge is 0.251 e. The van der Waals surface area contributed by atoms with Crippen LogP contribution in [-0.2, 0) is 11.8 Å². The normalized spacial score (nSPS) is 15.6. The van der Waals surface area contributed by atoms with E-state index >= 15 is 0 Å². The predicted molar refractivity (Wildman–Crippen MR) is 130 cm³/mol. The maximum absolute atomic E-state index is 12.7. The predicted octanol–water partition coefficient (Wildman–Crippen LogP) is 3.44. The van der Waals surface area contributed by atoms with Crippen LogP contribution in [0.15, 0.2) is 54.9 Å². The largest absolute Gasteiger partial charge is 0.388 e. The number of hydrogen-bond acceptors (Lipinski definition) is 6. The van der Waals surface area contributed by atoms with Gasteiger partial charge in [-0.15, -0.1) is 0 Å². The van der Waals surface area contributed by atoms with E-state index in [2.05, 4.69) is 32.7 Å². The Labute approximate surface area is 191 Å². The van der Waals surface area contributed by atoms with Crippen LogP contribution >= 0.6 is 0 Å². The van der Waals surface area contributed by atoms with Crippen LogP contribution in [0.1, 0.15) is 16.8 Å². The number of nitrogens with zero attached hydrogens (tertiary/aromatic N) is 3. The van der Waals surface area contributed by atoms with E-state index in [0.717, 1.165) is 45.5 Å². The molecule has 0 saturated carbocycles. The second kappa shape index (κ2) is 8.55. The van der Waals surface area contributed by atoms with Crippen LogP contribution in [0.25, 0.3) is 33.4 Å². The van der Waals surface area contributed by atoms with E-state index in [0.29, 0.717) is 24.6 Å². The number of benzene rings is 2. The van der Waals surface area contributed by atoms with Crippen LogP contribution in [0.5, 0.6) is 0 Å². The Morgan fingerprint density at radius 2 is 1.82 bits per heavy atom. The molecule has 1 aliphatic rings. The van der Waals surface area contributed by atoms with E-state index in [-0.39, 0.29) is 11.9 Å². The SMILES string of the molecule is CNc1ccc(-c2c(-c3ccc(C(=O)N[C@H]4CCOC4)cc3)c3c(N)ncnc3n2C)cc1. The van der Waals surface area contributed by atoms with Gasteiger partial charge in [0.05, 0.1) is 23.7 Å². The highest BCUT2D eigenvalue weighted by Gasteiger charge is 2.23. The molecular weight excluding hydrogens is 416 g/mol. The van der Waals surface area contributed by atoms with Crippen molar-refractivity contribution in [3.63, 3.8) is 0 Å². The summed E-state index contributed by atoms with van der Waals surface area (Å²) >= 11 is 0. The van der Waals surface area contributed by atoms with Gasteiger partial charge < -0.3 is 25.7 Å². The van der Waals surface area contributed by atoms with Crippen LogP contribution in [-0.4, -0.2) is 46.7 Å².